The first kappa shape index (κ1) is 40.1. The fourth-order valence-electron chi connectivity index (χ4n) is 10.3. The second kappa shape index (κ2) is 16.9. The van der Waals surface area contributed by atoms with Crippen LogP contribution in [0.25, 0.3) is 105 Å². The monoisotopic (exact) mass is 880 g/mol. The van der Waals surface area contributed by atoms with Crippen LogP contribution in [0, 0.1) is 0 Å². The average molecular weight is 881 g/mol. The third kappa shape index (κ3) is 7.08. The summed E-state index contributed by atoms with van der Waals surface area (Å²) in [5, 5.41) is 4.76. The lowest BCUT2D eigenvalue weighted by atomic mass is 9.93. The normalized spacial score (nSPS) is 11.5. The molecular formula is C66H44N2O. The standard InChI is InChI=1S/C66H44N2O/c1-2-15-45(16-3-1)46-29-31-47(32-30-46)48-33-39-51(40-34-48)67(52-41-35-49(36-42-52)54-17-4-5-19-56(54)60-23-14-24-61-59-22-9-13-28-65(59)69-66(60)61)53-43-37-50(38-44-53)55-18-6-10-25-62(55)68-63-26-11-7-20-57(63)58-21-8-12-27-64(58)68/h1-44H. The summed E-state index contributed by atoms with van der Waals surface area (Å²) in [5.74, 6) is 0. The van der Waals surface area contributed by atoms with Crippen LogP contribution >= 0.6 is 0 Å². The Balaban J connectivity index is 0.887. The van der Waals surface area contributed by atoms with Gasteiger partial charge in [-0.1, -0.05) is 206 Å². The van der Waals surface area contributed by atoms with Gasteiger partial charge in [-0.3, -0.25) is 0 Å². The van der Waals surface area contributed by atoms with Crippen molar-refractivity contribution in [2.75, 3.05) is 4.90 Å². The molecule has 3 heteroatoms. The Morgan fingerprint density at radius 1 is 0.261 bits per heavy atom. The minimum atomic E-state index is 0.899. The van der Waals surface area contributed by atoms with E-state index < -0.39 is 0 Å². The predicted octanol–water partition coefficient (Wildman–Crippen LogP) is 18.5. The van der Waals surface area contributed by atoms with Crippen molar-refractivity contribution in [3.63, 3.8) is 0 Å². The lowest BCUT2D eigenvalue weighted by molar-refractivity contribution is 0.670. The van der Waals surface area contributed by atoms with Crippen LogP contribution in [0.4, 0.5) is 17.1 Å². The Bertz CT molecular complexity index is 3920. The van der Waals surface area contributed by atoms with Crippen molar-refractivity contribution in [3.05, 3.63) is 267 Å². The summed E-state index contributed by atoms with van der Waals surface area (Å²) in [6.07, 6.45) is 0. The van der Waals surface area contributed by atoms with E-state index in [0.717, 1.165) is 72.5 Å². The van der Waals surface area contributed by atoms with Crippen LogP contribution in [0.1, 0.15) is 0 Å². The number of para-hydroxylation sites is 5. The Labute approximate surface area is 401 Å². The van der Waals surface area contributed by atoms with Gasteiger partial charge in [-0.2, -0.15) is 0 Å². The van der Waals surface area contributed by atoms with Crippen molar-refractivity contribution >= 4 is 60.8 Å². The van der Waals surface area contributed by atoms with E-state index in [1.807, 2.05) is 12.1 Å². The second-order valence-corrected chi connectivity index (χ2v) is 17.6. The van der Waals surface area contributed by atoms with E-state index in [9.17, 15) is 0 Å². The van der Waals surface area contributed by atoms with Crippen LogP contribution in [0.3, 0.4) is 0 Å². The van der Waals surface area contributed by atoms with Crippen molar-refractivity contribution in [2.24, 2.45) is 0 Å². The number of benzene rings is 11. The van der Waals surface area contributed by atoms with E-state index >= 15 is 0 Å². The molecule has 11 aromatic carbocycles. The van der Waals surface area contributed by atoms with Gasteiger partial charge in [0.25, 0.3) is 0 Å². The SMILES string of the molecule is c1ccc(-c2ccc(-c3ccc(N(c4ccc(-c5ccccc5-c5cccc6c5oc5ccccc56)cc4)c4ccc(-c5ccccc5-n5c6ccccc6c6ccccc65)cc4)cc3)cc2)cc1. The molecule has 3 nitrogen and oxygen atoms in total. The van der Waals surface area contributed by atoms with Gasteiger partial charge >= 0.3 is 0 Å². The molecule has 13 rings (SSSR count). The van der Waals surface area contributed by atoms with Crippen molar-refractivity contribution in [2.45, 2.75) is 0 Å². The molecule has 0 aliphatic heterocycles. The minimum Gasteiger partial charge on any atom is -0.455 e. The van der Waals surface area contributed by atoms with Crippen LogP contribution in [-0.4, -0.2) is 4.57 Å². The van der Waals surface area contributed by atoms with E-state index in [4.69, 9.17) is 4.42 Å². The van der Waals surface area contributed by atoms with E-state index in [0.29, 0.717) is 0 Å². The second-order valence-electron chi connectivity index (χ2n) is 17.6. The van der Waals surface area contributed by atoms with Gasteiger partial charge in [0.1, 0.15) is 11.2 Å². The van der Waals surface area contributed by atoms with Gasteiger partial charge in [-0.25, -0.2) is 0 Å². The molecule has 2 heterocycles. The van der Waals surface area contributed by atoms with Gasteiger partial charge in [0.15, 0.2) is 0 Å². The summed E-state index contributed by atoms with van der Waals surface area (Å²) in [6.45, 7) is 0. The van der Waals surface area contributed by atoms with Gasteiger partial charge in [0, 0.05) is 49.7 Å². The van der Waals surface area contributed by atoms with E-state index in [1.54, 1.807) is 0 Å². The molecule has 0 saturated heterocycles. The lowest BCUT2D eigenvalue weighted by Gasteiger charge is -2.26. The lowest BCUT2D eigenvalue weighted by Crippen LogP contribution is -2.10. The average Bonchev–Trinajstić information content (AvgIpc) is 3.98. The highest BCUT2D eigenvalue weighted by Gasteiger charge is 2.19. The van der Waals surface area contributed by atoms with Gasteiger partial charge < -0.3 is 13.9 Å². The maximum absolute atomic E-state index is 6.53. The molecule has 0 aliphatic carbocycles. The van der Waals surface area contributed by atoms with E-state index in [1.165, 1.54) is 49.6 Å². The maximum atomic E-state index is 6.53. The number of hydrogen-bond donors (Lipinski definition) is 0. The quantitative estimate of drug-likeness (QED) is 0.144. The number of rotatable bonds is 9. The summed E-state index contributed by atoms with van der Waals surface area (Å²) >= 11 is 0. The first-order valence-electron chi connectivity index (χ1n) is 23.6. The van der Waals surface area contributed by atoms with Crippen LogP contribution < -0.4 is 4.90 Å². The molecule has 0 atom stereocenters. The fourth-order valence-corrected chi connectivity index (χ4v) is 10.3. The highest BCUT2D eigenvalue weighted by molar-refractivity contribution is 6.11. The Kier molecular flexibility index (Phi) is 9.84. The predicted molar refractivity (Wildman–Crippen MR) is 290 cm³/mol. The van der Waals surface area contributed by atoms with Gasteiger partial charge in [0.2, 0.25) is 0 Å². The van der Waals surface area contributed by atoms with Gasteiger partial charge in [-0.15, -0.1) is 0 Å². The number of furan rings is 1. The van der Waals surface area contributed by atoms with Crippen LogP contribution in [0.2, 0.25) is 0 Å². The number of hydrogen-bond acceptors (Lipinski definition) is 2. The number of nitrogens with zero attached hydrogens (tertiary/aromatic N) is 2. The van der Waals surface area contributed by atoms with Crippen LogP contribution in [-0.2, 0) is 0 Å². The number of fused-ring (bicyclic) bond motifs is 6. The van der Waals surface area contributed by atoms with Crippen molar-refractivity contribution in [1.29, 1.82) is 0 Å². The Morgan fingerprint density at radius 2 is 0.667 bits per heavy atom. The smallest absolute Gasteiger partial charge is 0.143 e. The molecule has 0 unspecified atom stereocenters. The summed E-state index contributed by atoms with van der Waals surface area (Å²) in [6, 6.07) is 96.0. The van der Waals surface area contributed by atoms with Crippen LogP contribution in [0.5, 0.6) is 0 Å². The summed E-state index contributed by atoms with van der Waals surface area (Å²) < 4.78 is 8.94. The van der Waals surface area contributed by atoms with E-state index in [2.05, 4.69) is 264 Å². The largest absolute Gasteiger partial charge is 0.455 e. The van der Waals surface area contributed by atoms with E-state index in [-0.39, 0.29) is 0 Å². The molecular weight excluding hydrogens is 837 g/mol. The molecule has 0 spiro atoms. The molecule has 324 valence electrons. The molecule has 13 aromatic rings. The summed E-state index contributed by atoms with van der Waals surface area (Å²) in [5.41, 5.74) is 20.2. The topological polar surface area (TPSA) is 21.3 Å². The van der Waals surface area contributed by atoms with Crippen LogP contribution in [0.15, 0.2) is 271 Å². The molecule has 0 amide bonds. The minimum absolute atomic E-state index is 0.899. The highest BCUT2D eigenvalue weighted by Crippen LogP contribution is 2.43. The molecule has 2 aromatic heterocycles. The van der Waals surface area contributed by atoms with Crippen molar-refractivity contribution < 1.29 is 4.42 Å². The Morgan fingerprint density at radius 3 is 1.28 bits per heavy atom. The first-order valence-corrected chi connectivity index (χ1v) is 23.6. The van der Waals surface area contributed by atoms with Crippen molar-refractivity contribution in [3.8, 4) is 61.3 Å². The first-order chi connectivity index (χ1) is 34.2. The summed E-state index contributed by atoms with van der Waals surface area (Å²) in [4.78, 5) is 2.36. The maximum Gasteiger partial charge on any atom is 0.143 e. The molecule has 0 N–H and O–H groups in total. The Hall–Kier alpha value is -9.18. The molecule has 0 fully saturated rings. The molecule has 0 bridgehead atoms. The molecule has 0 radical (unpaired) electrons. The molecule has 69 heavy (non-hydrogen) atoms. The highest BCUT2D eigenvalue weighted by atomic mass is 16.3. The zero-order chi connectivity index (χ0) is 45.7. The third-order valence-electron chi connectivity index (χ3n) is 13.7. The number of anilines is 3. The van der Waals surface area contributed by atoms with Crippen molar-refractivity contribution in [1.82, 2.24) is 4.57 Å². The zero-order valence-electron chi connectivity index (χ0n) is 37.7. The number of aromatic nitrogens is 1. The van der Waals surface area contributed by atoms with Gasteiger partial charge in [0.05, 0.1) is 16.7 Å². The fraction of sp³-hybridized carbons (Fsp3) is 0. The van der Waals surface area contributed by atoms with Gasteiger partial charge in [-0.05, 0) is 105 Å². The summed E-state index contributed by atoms with van der Waals surface area (Å²) in [7, 11) is 0. The molecule has 0 aliphatic rings. The molecule has 0 saturated carbocycles. The zero-order valence-corrected chi connectivity index (χ0v) is 37.7. The third-order valence-corrected chi connectivity index (χ3v) is 13.7.